The van der Waals surface area contributed by atoms with Gasteiger partial charge in [0.15, 0.2) is 0 Å². The number of likely N-dealkylation sites (tertiary alicyclic amines) is 1. The molecule has 5 rings (SSSR count). The number of fused-ring (bicyclic) bond motifs is 1. The number of nitrogens with zero attached hydrogens (tertiary/aromatic N) is 4. The lowest BCUT2D eigenvalue weighted by molar-refractivity contribution is -0.136. The normalized spacial score (nSPS) is 19.8. The van der Waals surface area contributed by atoms with E-state index in [1.807, 2.05) is 13.0 Å². The average molecular weight is 503 g/mol. The zero-order valence-electron chi connectivity index (χ0n) is 20.2. The van der Waals surface area contributed by atoms with Crippen LogP contribution in [0.15, 0.2) is 35.4 Å². The summed E-state index contributed by atoms with van der Waals surface area (Å²) in [6.45, 7) is 5.32. The lowest BCUT2D eigenvalue weighted by Crippen LogP contribution is -2.44. The Morgan fingerprint density at radius 2 is 1.89 bits per heavy atom. The molecule has 2 N–H and O–H groups in total. The second-order valence-corrected chi connectivity index (χ2v) is 9.60. The van der Waals surface area contributed by atoms with Crippen molar-refractivity contribution < 1.29 is 18.0 Å². The van der Waals surface area contributed by atoms with Gasteiger partial charge in [-0.2, -0.15) is 13.2 Å². The number of piperidine rings is 1. The Bertz CT molecular complexity index is 1340. The highest BCUT2D eigenvalue weighted by atomic mass is 19.4. The number of halogens is 3. The molecule has 36 heavy (non-hydrogen) atoms. The third kappa shape index (κ3) is 4.47. The smallest absolute Gasteiger partial charge is 0.370 e. The number of hydrogen-bond donors (Lipinski definition) is 2. The quantitative estimate of drug-likeness (QED) is 0.573. The molecule has 5 heterocycles. The maximum Gasteiger partial charge on any atom is 0.418 e. The van der Waals surface area contributed by atoms with Crippen LogP contribution in [0.4, 0.5) is 18.9 Å². The maximum absolute atomic E-state index is 13.2. The number of alkyl halides is 3. The van der Waals surface area contributed by atoms with E-state index < -0.39 is 17.3 Å². The Kier molecular flexibility index (Phi) is 6.27. The highest BCUT2D eigenvalue weighted by molar-refractivity contribution is 5.92. The number of pyridine rings is 1. The molecule has 192 valence electrons. The Morgan fingerprint density at radius 3 is 2.56 bits per heavy atom. The molecule has 0 aliphatic carbocycles. The molecule has 1 unspecified atom stereocenters. The van der Waals surface area contributed by atoms with Crippen molar-refractivity contribution in [2.45, 2.75) is 44.3 Å². The molecule has 0 bridgehead atoms. The van der Waals surface area contributed by atoms with Crippen molar-refractivity contribution in [2.24, 2.45) is 0 Å². The van der Waals surface area contributed by atoms with Crippen molar-refractivity contribution in [3.05, 3.63) is 63.6 Å². The monoisotopic (exact) mass is 502 g/mol. The molecule has 0 saturated carbocycles. The fourth-order valence-electron chi connectivity index (χ4n) is 5.59. The van der Waals surface area contributed by atoms with Gasteiger partial charge in [0.2, 0.25) is 0 Å². The van der Waals surface area contributed by atoms with E-state index in [2.05, 4.69) is 25.1 Å². The molecular weight excluding hydrogens is 473 g/mol. The number of carbonyl (C=O) groups excluding carboxylic acids is 1. The topological polar surface area (TPSA) is 85.7 Å². The molecule has 0 aromatic carbocycles. The van der Waals surface area contributed by atoms with E-state index in [0.717, 1.165) is 62.9 Å². The van der Waals surface area contributed by atoms with E-state index >= 15 is 0 Å². The van der Waals surface area contributed by atoms with Crippen LogP contribution in [0, 0.1) is 6.92 Å². The highest BCUT2D eigenvalue weighted by Crippen LogP contribution is 2.34. The van der Waals surface area contributed by atoms with Crippen molar-refractivity contribution in [1.29, 1.82) is 0 Å². The van der Waals surface area contributed by atoms with Crippen LogP contribution >= 0.6 is 0 Å². The van der Waals surface area contributed by atoms with Crippen molar-refractivity contribution in [1.82, 2.24) is 24.6 Å². The minimum absolute atomic E-state index is 0.0700. The van der Waals surface area contributed by atoms with E-state index in [9.17, 15) is 22.8 Å². The Labute approximate surface area is 206 Å². The molecule has 11 heteroatoms. The first kappa shape index (κ1) is 24.4. The van der Waals surface area contributed by atoms with Gasteiger partial charge in [0, 0.05) is 56.7 Å². The standard InChI is InChI=1S/C25H29F3N6O2/c1-15-21(4-3-19(30-15)23(35)29-2)32-10-6-17(7-11-32)33-9-5-16(13-33)20-14-34-12-8-18(25(26,27)28)22(34)24(36)31-20/h3-4,8,12,14,16-17H,5-7,9-11,13H2,1-2H3,(H,29,35)(H,31,36). The van der Waals surface area contributed by atoms with Gasteiger partial charge in [-0.25, -0.2) is 4.98 Å². The molecule has 2 aliphatic rings. The van der Waals surface area contributed by atoms with Crippen LogP contribution in [0.5, 0.6) is 0 Å². The average Bonchev–Trinajstić information content (AvgIpc) is 3.51. The SMILES string of the molecule is CNC(=O)c1ccc(N2CCC(N3CCC(c4cn5ccc(C(F)(F)F)c5c(=O)[nH]4)C3)CC2)c(C)n1. The third-order valence-electron chi connectivity index (χ3n) is 7.47. The van der Waals surface area contributed by atoms with Gasteiger partial charge in [-0.05, 0) is 50.9 Å². The van der Waals surface area contributed by atoms with Gasteiger partial charge in [0.25, 0.3) is 11.5 Å². The fourth-order valence-corrected chi connectivity index (χ4v) is 5.59. The highest BCUT2D eigenvalue weighted by Gasteiger charge is 2.36. The fraction of sp³-hybridized carbons (Fsp3) is 0.480. The number of H-pyrrole nitrogens is 1. The summed E-state index contributed by atoms with van der Waals surface area (Å²) >= 11 is 0. The van der Waals surface area contributed by atoms with Gasteiger partial charge in [-0.15, -0.1) is 0 Å². The number of amides is 1. The maximum atomic E-state index is 13.2. The summed E-state index contributed by atoms with van der Waals surface area (Å²) in [5.74, 6) is -0.134. The van der Waals surface area contributed by atoms with Crippen LogP contribution in [-0.4, -0.2) is 64.4 Å². The summed E-state index contributed by atoms with van der Waals surface area (Å²) in [4.78, 5) is 36.3. The number of anilines is 1. The lowest BCUT2D eigenvalue weighted by atomic mass is 10.0. The molecule has 2 fully saturated rings. The summed E-state index contributed by atoms with van der Waals surface area (Å²) in [6.07, 6.45) is 1.16. The van der Waals surface area contributed by atoms with E-state index in [0.29, 0.717) is 17.4 Å². The van der Waals surface area contributed by atoms with Gasteiger partial charge in [-0.1, -0.05) is 0 Å². The van der Waals surface area contributed by atoms with Gasteiger partial charge in [-0.3, -0.25) is 14.5 Å². The molecule has 2 aliphatic heterocycles. The van der Waals surface area contributed by atoms with Crippen molar-refractivity contribution >= 4 is 17.1 Å². The van der Waals surface area contributed by atoms with Gasteiger partial charge in [0.1, 0.15) is 11.2 Å². The predicted octanol–water partition coefficient (Wildman–Crippen LogP) is 3.17. The van der Waals surface area contributed by atoms with E-state index in [1.54, 1.807) is 19.3 Å². The third-order valence-corrected chi connectivity index (χ3v) is 7.47. The molecule has 1 amide bonds. The van der Waals surface area contributed by atoms with Gasteiger partial charge in [0.05, 0.1) is 16.9 Å². The Morgan fingerprint density at radius 1 is 1.14 bits per heavy atom. The van der Waals surface area contributed by atoms with Gasteiger partial charge >= 0.3 is 6.18 Å². The Balaban J connectivity index is 1.23. The lowest BCUT2D eigenvalue weighted by Gasteiger charge is -2.38. The first-order valence-corrected chi connectivity index (χ1v) is 12.2. The van der Waals surface area contributed by atoms with Crippen LogP contribution in [0.25, 0.3) is 5.52 Å². The van der Waals surface area contributed by atoms with Crippen LogP contribution in [-0.2, 0) is 6.18 Å². The van der Waals surface area contributed by atoms with Crippen LogP contribution in [0.2, 0.25) is 0 Å². The zero-order valence-corrected chi connectivity index (χ0v) is 20.2. The molecule has 0 radical (unpaired) electrons. The molecule has 1 atom stereocenters. The first-order chi connectivity index (χ1) is 17.2. The molecule has 8 nitrogen and oxygen atoms in total. The number of carbonyl (C=O) groups is 1. The molecular formula is C25H29F3N6O2. The second kappa shape index (κ2) is 9.27. The van der Waals surface area contributed by atoms with E-state index in [1.165, 1.54) is 10.6 Å². The minimum atomic E-state index is -4.57. The molecule has 2 saturated heterocycles. The van der Waals surface area contributed by atoms with Crippen LogP contribution in [0.1, 0.15) is 52.6 Å². The second-order valence-electron chi connectivity index (χ2n) is 9.60. The first-order valence-electron chi connectivity index (χ1n) is 12.2. The molecule has 0 spiro atoms. The zero-order chi connectivity index (χ0) is 25.6. The predicted molar refractivity (Wildman–Crippen MR) is 130 cm³/mol. The molecule has 3 aromatic rings. The molecule has 3 aromatic heterocycles. The van der Waals surface area contributed by atoms with E-state index in [4.69, 9.17) is 0 Å². The number of nitrogens with one attached hydrogen (secondary N) is 2. The largest absolute Gasteiger partial charge is 0.418 e. The van der Waals surface area contributed by atoms with Crippen LogP contribution in [0.3, 0.4) is 0 Å². The number of rotatable bonds is 4. The van der Waals surface area contributed by atoms with Crippen molar-refractivity contribution in [3.63, 3.8) is 0 Å². The summed E-state index contributed by atoms with van der Waals surface area (Å²) in [5.41, 5.74) is 0.968. The van der Waals surface area contributed by atoms with Gasteiger partial charge < -0.3 is 19.6 Å². The summed E-state index contributed by atoms with van der Waals surface area (Å²) in [7, 11) is 1.58. The number of aromatic nitrogens is 3. The summed E-state index contributed by atoms with van der Waals surface area (Å²) in [5, 5.41) is 2.59. The minimum Gasteiger partial charge on any atom is -0.370 e. The Hall–Kier alpha value is -3.34. The van der Waals surface area contributed by atoms with E-state index in [-0.39, 0.29) is 17.3 Å². The summed E-state index contributed by atoms with van der Waals surface area (Å²) in [6, 6.07) is 5.06. The van der Waals surface area contributed by atoms with Crippen LogP contribution < -0.4 is 15.8 Å². The van der Waals surface area contributed by atoms with Crippen molar-refractivity contribution in [3.8, 4) is 0 Å². The summed E-state index contributed by atoms with van der Waals surface area (Å²) < 4.78 is 40.9. The van der Waals surface area contributed by atoms with Crippen molar-refractivity contribution in [2.75, 3.05) is 38.1 Å². The number of aromatic amines is 1. The number of hydrogen-bond acceptors (Lipinski definition) is 5. The number of aryl methyl sites for hydroxylation is 1.